The van der Waals surface area contributed by atoms with Crippen LogP contribution >= 0.6 is 0 Å². The maximum Gasteiger partial charge on any atom is 0.255 e. The highest BCUT2D eigenvalue weighted by Crippen LogP contribution is 2.17. The van der Waals surface area contributed by atoms with Crippen LogP contribution in [-0.4, -0.2) is 11.8 Å². The summed E-state index contributed by atoms with van der Waals surface area (Å²) in [4.78, 5) is 23.3. The molecule has 0 bridgehead atoms. The van der Waals surface area contributed by atoms with Crippen molar-refractivity contribution in [2.45, 2.75) is 20.8 Å². The van der Waals surface area contributed by atoms with E-state index < -0.39 is 0 Å². The minimum atomic E-state index is -0.165. The summed E-state index contributed by atoms with van der Waals surface area (Å²) in [5, 5.41) is 5.52. The fourth-order valence-electron chi connectivity index (χ4n) is 2.19. The molecule has 0 saturated carbocycles. The van der Waals surface area contributed by atoms with Gasteiger partial charge in [0, 0.05) is 23.9 Å². The van der Waals surface area contributed by atoms with Crippen LogP contribution in [0, 0.1) is 13.8 Å². The third-order valence-corrected chi connectivity index (χ3v) is 2.92. The van der Waals surface area contributed by atoms with Gasteiger partial charge in [0.2, 0.25) is 5.91 Å². The fourth-order valence-corrected chi connectivity index (χ4v) is 2.19. The Bertz CT molecular complexity index is 673. The lowest BCUT2D eigenvalue weighted by Crippen LogP contribution is -2.13. The average Bonchev–Trinajstić information content (AvgIpc) is 2.37. The highest BCUT2D eigenvalue weighted by Gasteiger charge is 2.07. The molecular formula is C17H18N2O2. The van der Waals surface area contributed by atoms with Crippen LogP contribution in [0.5, 0.6) is 0 Å². The molecule has 0 aliphatic carbocycles. The molecule has 2 aromatic carbocycles. The van der Waals surface area contributed by atoms with E-state index in [-0.39, 0.29) is 11.8 Å². The number of benzene rings is 2. The predicted molar refractivity (Wildman–Crippen MR) is 84.6 cm³/mol. The first-order valence-electron chi connectivity index (χ1n) is 6.71. The van der Waals surface area contributed by atoms with E-state index in [0.29, 0.717) is 16.9 Å². The molecule has 4 nitrogen and oxygen atoms in total. The zero-order valence-electron chi connectivity index (χ0n) is 12.4. The maximum absolute atomic E-state index is 12.3. The Morgan fingerprint density at radius 1 is 0.857 bits per heavy atom. The van der Waals surface area contributed by atoms with Gasteiger partial charge in [-0.3, -0.25) is 9.59 Å². The van der Waals surface area contributed by atoms with E-state index in [1.807, 2.05) is 32.0 Å². The van der Waals surface area contributed by atoms with Crippen molar-refractivity contribution in [2.75, 3.05) is 10.6 Å². The Hall–Kier alpha value is -2.62. The normalized spacial score (nSPS) is 10.0. The molecule has 0 aliphatic rings. The molecule has 0 spiro atoms. The predicted octanol–water partition coefficient (Wildman–Crippen LogP) is 3.51. The standard InChI is InChI=1S/C17H18N2O2/c1-11-7-12(2)9-14(8-11)17(21)19-16-6-4-5-15(10-16)18-13(3)20/h4-10H,1-3H3,(H,18,20)(H,19,21). The number of carbonyl (C=O) groups is 2. The van der Waals surface area contributed by atoms with Crippen LogP contribution in [-0.2, 0) is 4.79 Å². The molecule has 0 saturated heterocycles. The monoisotopic (exact) mass is 282 g/mol. The largest absolute Gasteiger partial charge is 0.326 e. The molecule has 108 valence electrons. The summed E-state index contributed by atoms with van der Waals surface area (Å²) in [6, 6.07) is 12.8. The molecule has 0 aliphatic heterocycles. The van der Waals surface area contributed by atoms with Gasteiger partial charge in [0.25, 0.3) is 5.91 Å². The van der Waals surface area contributed by atoms with Crippen molar-refractivity contribution in [3.63, 3.8) is 0 Å². The van der Waals surface area contributed by atoms with Gasteiger partial charge in [-0.2, -0.15) is 0 Å². The molecular weight excluding hydrogens is 264 g/mol. The van der Waals surface area contributed by atoms with Gasteiger partial charge in [-0.15, -0.1) is 0 Å². The second-order valence-electron chi connectivity index (χ2n) is 5.09. The average molecular weight is 282 g/mol. The molecule has 2 aromatic rings. The molecule has 0 heterocycles. The number of rotatable bonds is 3. The molecule has 0 atom stereocenters. The Morgan fingerprint density at radius 2 is 1.43 bits per heavy atom. The van der Waals surface area contributed by atoms with Crippen molar-refractivity contribution in [2.24, 2.45) is 0 Å². The summed E-state index contributed by atoms with van der Waals surface area (Å²) in [5.41, 5.74) is 4.02. The number of carbonyl (C=O) groups excluding carboxylic acids is 2. The van der Waals surface area contributed by atoms with Gasteiger partial charge >= 0.3 is 0 Å². The first kappa shape index (κ1) is 14.8. The number of anilines is 2. The SMILES string of the molecule is CC(=O)Nc1cccc(NC(=O)c2cc(C)cc(C)c2)c1. The summed E-state index contributed by atoms with van der Waals surface area (Å²) < 4.78 is 0. The molecule has 0 radical (unpaired) electrons. The number of hydrogen-bond donors (Lipinski definition) is 2. The zero-order chi connectivity index (χ0) is 15.4. The first-order chi connectivity index (χ1) is 9.94. The van der Waals surface area contributed by atoms with Gasteiger partial charge in [0.1, 0.15) is 0 Å². The Balaban J connectivity index is 2.17. The van der Waals surface area contributed by atoms with E-state index in [1.54, 1.807) is 24.3 Å². The van der Waals surface area contributed by atoms with E-state index in [0.717, 1.165) is 11.1 Å². The van der Waals surface area contributed by atoms with E-state index in [9.17, 15) is 9.59 Å². The van der Waals surface area contributed by atoms with E-state index in [1.165, 1.54) is 6.92 Å². The third kappa shape index (κ3) is 4.18. The van der Waals surface area contributed by atoms with Crippen LogP contribution in [0.15, 0.2) is 42.5 Å². The Kier molecular flexibility index (Phi) is 4.38. The summed E-state index contributed by atoms with van der Waals surface area (Å²) in [7, 11) is 0. The first-order valence-corrected chi connectivity index (χ1v) is 6.71. The van der Waals surface area contributed by atoms with Crippen molar-refractivity contribution in [1.82, 2.24) is 0 Å². The highest BCUT2D eigenvalue weighted by atomic mass is 16.2. The number of nitrogens with one attached hydrogen (secondary N) is 2. The van der Waals surface area contributed by atoms with Crippen molar-refractivity contribution < 1.29 is 9.59 Å². The Morgan fingerprint density at radius 3 is 2.00 bits per heavy atom. The molecule has 2 rings (SSSR count). The van der Waals surface area contributed by atoms with Crippen molar-refractivity contribution in [3.8, 4) is 0 Å². The summed E-state index contributed by atoms with van der Waals surface area (Å²) in [5.74, 6) is -0.311. The second-order valence-corrected chi connectivity index (χ2v) is 5.09. The molecule has 0 aromatic heterocycles. The van der Waals surface area contributed by atoms with Gasteiger partial charge in [0.05, 0.1) is 0 Å². The lowest BCUT2D eigenvalue weighted by atomic mass is 10.1. The van der Waals surface area contributed by atoms with E-state index in [4.69, 9.17) is 0 Å². The van der Waals surface area contributed by atoms with Crippen LogP contribution in [0.3, 0.4) is 0 Å². The number of amides is 2. The minimum Gasteiger partial charge on any atom is -0.326 e. The van der Waals surface area contributed by atoms with Gasteiger partial charge in [-0.25, -0.2) is 0 Å². The van der Waals surface area contributed by atoms with Gasteiger partial charge in [0.15, 0.2) is 0 Å². The van der Waals surface area contributed by atoms with Crippen LogP contribution in [0.1, 0.15) is 28.4 Å². The van der Waals surface area contributed by atoms with Gasteiger partial charge in [-0.1, -0.05) is 23.3 Å². The van der Waals surface area contributed by atoms with Crippen LogP contribution in [0.25, 0.3) is 0 Å². The Labute approximate surface area is 124 Å². The summed E-state index contributed by atoms with van der Waals surface area (Å²) in [6.07, 6.45) is 0. The maximum atomic E-state index is 12.3. The molecule has 4 heteroatoms. The van der Waals surface area contributed by atoms with Gasteiger partial charge < -0.3 is 10.6 Å². The van der Waals surface area contributed by atoms with Crippen molar-refractivity contribution in [3.05, 3.63) is 59.2 Å². The molecule has 0 unspecified atom stereocenters. The third-order valence-electron chi connectivity index (χ3n) is 2.92. The number of aryl methyl sites for hydroxylation is 2. The topological polar surface area (TPSA) is 58.2 Å². The minimum absolute atomic E-state index is 0.146. The quantitative estimate of drug-likeness (QED) is 0.905. The van der Waals surface area contributed by atoms with Crippen LogP contribution in [0.2, 0.25) is 0 Å². The smallest absolute Gasteiger partial charge is 0.255 e. The van der Waals surface area contributed by atoms with Crippen molar-refractivity contribution >= 4 is 23.2 Å². The lowest BCUT2D eigenvalue weighted by molar-refractivity contribution is -0.114. The van der Waals surface area contributed by atoms with Crippen molar-refractivity contribution in [1.29, 1.82) is 0 Å². The number of hydrogen-bond acceptors (Lipinski definition) is 2. The van der Waals surface area contributed by atoms with E-state index in [2.05, 4.69) is 10.6 Å². The summed E-state index contributed by atoms with van der Waals surface area (Å²) >= 11 is 0. The molecule has 2 amide bonds. The molecule has 2 N–H and O–H groups in total. The van der Waals surface area contributed by atoms with Crippen LogP contribution in [0.4, 0.5) is 11.4 Å². The summed E-state index contributed by atoms with van der Waals surface area (Å²) in [6.45, 7) is 5.36. The molecule has 0 fully saturated rings. The van der Waals surface area contributed by atoms with E-state index >= 15 is 0 Å². The zero-order valence-corrected chi connectivity index (χ0v) is 12.4. The second kappa shape index (κ2) is 6.22. The lowest BCUT2D eigenvalue weighted by Gasteiger charge is -2.09. The fraction of sp³-hybridized carbons (Fsp3) is 0.176. The molecule has 21 heavy (non-hydrogen) atoms. The van der Waals surface area contributed by atoms with Crippen LogP contribution < -0.4 is 10.6 Å². The van der Waals surface area contributed by atoms with Gasteiger partial charge in [-0.05, 0) is 44.2 Å². The highest BCUT2D eigenvalue weighted by molar-refractivity contribution is 6.04.